The van der Waals surface area contributed by atoms with Gasteiger partial charge in [-0.05, 0) is 29.9 Å². The average Bonchev–Trinajstić information content (AvgIpc) is 2.42. The van der Waals surface area contributed by atoms with Crippen LogP contribution < -0.4 is 5.32 Å². The molecule has 106 valence electrons. The lowest BCUT2D eigenvalue weighted by atomic mass is 10.2. The van der Waals surface area contributed by atoms with Crippen molar-refractivity contribution in [2.45, 2.75) is 44.2 Å². The minimum atomic E-state index is -0.129. The standard InChI is InChI=1S/C15H23NO2S/c1-12(2)16-11-13-6-8-14(9-7-13)19-10-4-5-15(17)18-3/h6-9,12,16H,4-5,10-11H2,1-3H3. The lowest BCUT2D eigenvalue weighted by molar-refractivity contribution is -0.140. The van der Waals surface area contributed by atoms with E-state index in [4.69, 9.17) is 0 Å². The maximum Gasteiger partial charge on any atom is 0.305 e. The number of nitrogens with one attached hydrogen (secondary N) is 1. The summed E-state index contributed by atoms with van der Waals surface area (Å²) in [7, 11) is 1.43. The van der Waals surface area contributed by atoms with Crippen molar-refractivity contribution in [2.24, 2.45) is 0 Å². The zero-order chi connectivity index (χ0) is 14.1. The predicted octanol–water partition coefficient (Wildman–Crippen LogP) is 3.23. The Kier molecular flexibility index (Phi) is 7.60. The summed E-state index contributed by atoms with van der Waals surface area (Å²) in [4.78, 5) is 12.2. The van der Waals surface area contributed by atoms with Crippen LogP contribution in [0.4, 0.5) is 0 Å². The quantitative estimate of drug-likeness (QED) is 0.451. The summed E-state index contributed by atoms with van der Waals surface area (Å²) in [6.07, 6.45) is 1.36. The van der Waals surface area contributed by atoms with Gasteiger partial charge in [0.2, 0.25) is 0 Å². The summed E-state index contributed by atoms with van der Waals surface area (Å²) in [6.45, 7) is 5.20. The molecular weight excluding hydrogens is 258 g/mol. The number of rotatable bonds is 8. The second kappa shape index (κ2) is 8.99. The molecule has 0 aromatic heterocycles. The van der Waals surface area contributed by atoms with E-state index < -0.39 is 0 Å². The van der Waals surface area contributed by atoms with Gasteiger partial charge in [0, 0.05) is 23.9 Å². The fraction of sp³-hybridized carbons (Fsp3) is 0.533. The third kappa shape index (κ3) is 7.23. The Morgan fingerprint density at radius 2 is 2.00 bits per heavy atom. The summed E-state index contributed by atoms with van der Waals surface area (Å²) in [5.41, 5.74) is 1.30. The minimum absolute atomic E-state index is 0.129. The number of methoxy groups -OCH3 is 1. The van der Waals surface area contributed by atoms with Crippen LogP contribution in [0.1, 0.15) is 32.3 Å². The molecule has 0 amide bonds. The molecule has 0 aliphatic heterocycles. The molecule has 3 nitrogen and oxygen atoms in total. The zero-order valence-electron chi connectivity index (χ0n) is 11.9. The highest BCUT2D eigenvalue weighted by atomic mass is 32.2. The van der Waals surface area contributed by atoms with Crippen molar-refractivity contribution in [3.63, 3.8) is 0 Å². The van der Waals surface area contributed by atoms with Gasteiger partial charge in [-0.3, -0.25) is 4.79 Å². The molecule has 0 saturated carbocycles. The Balaban J connectivity index is 2.26. The van der Waals surface area contributed by atoms with Gasteiger partial charge < -0.3 is 10.1 Å². The molecule has 0 bridgehead atoms. The SMILES string of the molecule is COC(=O)CCCSc1ccc(CNC(C)C)cc1. The number of hydrogen-bond acceptors (Lipinski definition) is 4. The maximum absolute atomic E-state index is 11.0. The number of ether oxygens (including phenoxy) is 1. The molecule has 0 spiro atoms. The van der Waals surface area contributed by atoms with E-state index in [9.17, 15) is 4.79 Å². The third-order valence-corrected chi connectivity index (χ3v) is 3.76. The molecule has 0 aliphatic carbocycles. The molecule has 4 heteroatoms. The van der Waals surface area contributed by atoms with Crippen LogP contribution in [-0.2, 0) is 16.1 Å². The number of thioether (sulfide) groups is 1. The summed E-state index contributed by atoms with van der Waals surface area (Å²) < 4.78 is 4.61. The second-order valence-corrected chi connectivity index (χ2v) is 5.88. The molecule has 0 saturated heterocycles. The zero-order valence-corrected chi connectivity index (χ0v) is 12.8. The van der Waals surface area contributed by atoms with Crippen molar-refractivity contribution in [3.8, 4) is 0 Å². The highest BCUT2D eigenvalue weighted by Crippen LogP contribution is 2.19. The topological polar surface area (TPSA) is 38.3 Å². The second-order valence-electron chi connectivity index (χ2n) is 4.71. The molecule has 0 radical (unpaired) electrons. The maximum atomic E-state index is 11.0. The van der Waals surface area contributed by atoms with Gasteiger partial charge in [0.15, 0.2) is 0 Å². The van der Waals surface area contributed by atoms with Gasteiger partial charge in [0.05, 0.1) is 7.11 Å². The lowest BCUT2D eigenvalue weighted by Crippen LogP contribution is -2.21. The van der Waals surface area contributed by atoms with Crippen molar-refractivity contribution >= 4 is 17.7 Å². The molecule has 1 rings (SSSR count). The Morgan fingerprint density at radius 1 is 1.32 bits per heavy atom. The monoisotopic (exact) mass is 281 g/mol. The number of esters is 1. The largest absolute Gasteiger partial charge is 0.469 e. The molecule has 19 heavy (non-hydrogen) atoms. The summed E-state index contributed by atoms with van der Waals surface area (Å²) in [5.74, 6) is 0.814. The van der Waals surface area contributed by atoms with Gasteiger partial charge in [-0.25, -0.2) is 0 Å². The van der Waals surface area contributed by atoms with Gasteiger partial charge in [-0.1, -0.05) is 26.0 Å². The molecule has 1 N–H and O–H groups in total. The number of hydrogen-bond donors (Lipinski definition) is 1. The first-order valence-electron chi connectivity index (χ1n) is 6.63. The minimum Gasteiger partial charge on any atom is -0.469 e. The van der Waals surface area contributed by atoms with Crippen LogP contribution in [0.5, 0.6) is 0 Å². The van der Waals surface area contributed by atoms with Crippen LogP contribution in [0.2, 0.25) is 0 Å². The molecule has 0 unspecified atom stereocenters. The van der Waals surface area contributed by atoms with E-state index in [1.54, 1.807) is 11.8 Å². The molecule has 1 aromatic carbocycles. The Labute approximate surface area is 120 Å². The third-order valence-electron chi connectivity index (χ3n) is 2.66. The molecule has 0 aliphatic rings. The van der Waals surface area contributed by atoms with Gasteiger partial charge in [-0.2, -0.15) is 0 Å². The lowest BCUT2D eigenvalue weighted by Gasteiger charge is -2.08. The van der Waals surface area contributed by atoms with Gasteiger partial charge >= 0.3 is 5.97 Å². The fourth-order valence-corrected chi connectivity index (χ4v) is 2.39. The van der Waals surface area contributed by atoms with Crippen molar-refractivity contribution in [2.75, 3.05) is 12.9 Å². The van der Waals surface area contributed by atoms with E-state index in [0.717, 1.165) is 18.7 Å². The average molecular weight is 281 g/mol. The summed E-state index contributed by atoms with van der Waals surface area (Å²) in [5, 5.41) is 3.39. The highest BCUT2D eigenvalue weighted by molar-refractivity contribution is 7.99. The first-order valence-corrected chi connectivity index (χ1v) is 7.62. The molecule has 0 heterocycles. The normalized spacial score (nSPS) is 10.7. The summed E-state index contributed by atoms with van der Waals surface area (Å²) in [6, 6.07) is 9.09. The van der Waals surface area contributed by atoms with Crippen LogP contribution in [0.15, 0.2) is 29.2 Å². The Morgan fingerprint density at radius 3 is 2.58 bits per heavy atom. The van der Waals surface area contributed by atoms with Crippen molar-refractivity contribution in [1.82, 2.24) is 5.32 Å². The van der Waals surface area contributed by atoms with E-state index in [1.807, 2.05) is 0 Å². The predicted molar refractivity (Wildman–Crippen MR) is 80.4 cm³/mol. The molecule has 0 fully saturated rings. The van der Waals surface area contributed by atoms with Crippen molar-refractivity contribution in [3.05, 3.63) is 29.8 Å². The van der Waals surface area contributed by atoms with Gasteiger partial charge in [-0.15, -0.1) is 11.8 Å². The molecular formula is C15H23NO2S. The first-order chi connectivity index (χ1) is 9.11. The van der Waals surface area contributed by atoms with Crippen LogP contribution in [0, 0.1) is 0 Å². The van der Waals surface area contributed by atoms with Gasteiger partial charge in [0.25, 0.3) is 0 Å². The van der Waals surface area contributed by atoms with Crippen LogP contribution in [0.25, 0.3) is 0 Å². The van der Waals surface area contributed by atoms with Crippen molar-refractivity contribution in [1.29, 1.82) is 0 Å². The van der Waals surface area contributed by atoms with Crippen LogP contribution in [0.3, 0.4) is 0 Å². The first kappa shape index (κ1) is 16.1. The van der Waals surface area contributed by atoms with E-state index >= 15 is 0 Å². The molecule has 0 atom stereocenters. The van der Waals surface area contributed by atoms with Crippen LogP contribution in [-0.4, -0.2) is 24.9 Å². The Hall–Kier alpha value is -1.00. The fourth-order valence-electron chi connectivity index (χ4n) is 1.53. The number of carbonyl (C=O) groups is 1. The molecule has 1 aromatic rings. The van der Waals surface area contributed by atoms with Crippen molar-refractivity contribution < 1.29 is 9.53 Å². The Bertz CT molecular complexity index is 376. The highest BCUT2D eigenvalue weighted by Gasteiger charge is 2.01. The van der Waals surface area contributed by atoms with E-state index in [1.165, 1.54) is 17.6 Å². The summed E-state index contributed by atoms with van der Waals surface area (Å²) >= 11 is 1.78. The number of carbonyl (C=O) groups excluding carboxylic acids is 1. The van der Waals surface area contributed by atoms with Crippen LogP contribution >= 0.6 is 11.8 Å². The number of benzene rings is 1. The van der Waals surface area contributed by atoms with E-state index in [-0.39, 0.29) is 5.97 Å². The van der Waals surface area contributed by atoms with E-state index in [0.29, 0.717) is 12.5 Å². The smallest absolute Gasteiger partial charge is 0.305 e. The van der Waals surface area contributed by atoms with Gasteiger partial charge in [0.1, 0.15) is 0 Å². The van der Waals surface area contributed by atoms with E-state index in [2.05, 4.69) is 48.2 Å².